The van der Waals surface area contributed by atoms with Crippen LogP contribution in [0.25, 0.3) is 38.2 Å². The number of imidazole rings is 1. The van der Waals surface area contributed by atoms with E-state index in [4.69, 9.17) is 0 Å². The van der Waals surface area contributed by atoms with Crippen molar-refractivity contribution in [3.8, 4) is 0 Å². The number of hydrogen-bond donors (Lipinski definition) is 0. The van der Waals surface area contributed by atoms with E-state index in [0.29, 0.717) is 0 Å². The van der Waals surface area contributed by atoms with E-state index in [1.807, 2.05) is 23.6 Å². The largest absolute Gasteiger partial charge is 0.347 e. The summed E-state index contributed by atoms with van der Waals surface area (Å²) >= 11 is 0. The molecule has 3 heteroatoms. The Kier molecular flexibility index (Phi) is 2.43. The summed E-state index contributed by atoms with van der Waals surface area (Å²) in [7, 11) is 2.04. The van der Waals surface area contributed by atoms with E-state index in [9.17, 15) is 4.79 Å². The van der Waals surface area contributed by atoms with E-state index in [1.165, 1.54) is 11.1 Å². The van der Waals surface area contributed by atoms with Crippen LogP contribution in [0, 0.1) is 13.8 Å². The van der Waals surface area contributed by atoms with Gasteiger partial charge in [0.15, 0.2) is 11.0 Å². The van der Waals surface area contributed by atoms with Gasteiger partial charge in [0.05, 0.1) is 17.8 Å². The fourth-order valence-corrected chi connectivity index (χ4v) is 3.94. The average Bonchev–Trinajstić information content (AvgIpc) is 2.86. The van der Waals surface area contributed by atoms with Crippen molar-refractivity contribution in [2.45, 2.75) is 13.8 Å². The van der Waals surface area contributed by atoms with Crippen LogP contribution in [-0.4, -0.2) is 4.40 Å². The molecule has 0 spiro atoms. The van der Waals surface area contributed by atoms with Crippen molar-refractivity contribution in [2.75, 3.05) is 0 Å². The van der Waals surface area contributed by atoms with Gasteiger partial charge in [-0.2, -0.15) is 4.40 Å². The molecule has 0 radical (unpaired) electrons. The molecule has 0 saturated heterocycles. The molecule has 0 aliphatic carbocycles. The minimum Gasteiger partial charge on any atom is -0.240 e. The summed E-state index contributed by atoms with van der Waals surface area (Å²) in [4.78, 5) is 13.3. The highest BCUT2D eigenvalue weighted by Crippen LogP contribution is 2.29. The molecule has 0 N–H and O–H groups in total. The Labute approximate surface area is 138 Å². The first-order valence-electron chi connectivity index (χ1n) is 8.16. The smallest absolute Gasteiger partial charge is 0.240 e. The summed E-state index contributed by atoms with van der Waals surface area (Å²) in [6, 6.07) is 16.5. The van der Waals surface area contributed by atoms with Crippen molar-refractivity contribution in [3.05, 3.63) is 70.0 Å². The molecule has 3 aromatic carbocycles. The van der Waals surface area contributed by atoms with Crippen LogP contribution < -0.4 is 10.1 Å². The van der Waals surface area contributed by atoms with Gasteiger partial charge >= 0.3 is 5.56 Å². The maximum absolute atomic E-state index is 13.3. The number of rotatable bonds is 0. The lowest BCUT2D eigenvalue weighted by Gasteiger charge is -2.03. The second-order valence-corrected chi connectivity index (χ2v) is 6.66. The van der Waals surface area contributed by atoms with Crippen LogP contribution in [0.15, 0.2) is 53.3 Å². The summed E-state index contributed by atoms with van der Waals surface area (Å²) in [5, 5.41) is 4.08. The summed E-state index contributed by atoms with van der Waals surface area (Å²) in [6.45, 7) is 4.21. The summed E-state index contributed by atoms with van der Waals surface area (Å²) in [5.74, 6) is 0. The number of fused-ring (bicyclic) bond motifs is 4. The standard InChI is InChI=1S/C21H17N2O/c1-12-10-17-18(11-13(12)2)23-20(22(17)3)15-8-4-6-14-7-5-9-16(19(14)15)21(23)24/h4-11H,1-3H3/q+1. The molecular weight excluding hydrogens is 296 g/mol. The highest BCUT2D eigenvalue weighted by atomic mass is 16.1. The van der Waals surface area contributed by atoms with Crippen LogP contribution >= 0.6 is 0 Å². The third kappa shape index (κ3) is 1.47. The third-order valence-corrected chi connectivity index (χ3v) is 5.30. The summed E-state index contributed by atoms with van der Waals surface area (Å²) < 4.78 is 4.02. The molecular formula is C21H17N2O+. The van der Waals surface area contributed by atoms with E-state index < -0.39 is 0 Å². The molecule has 24 heavy (non-hydrogen) atoms. The number of aryl methyl sites for hydroxylation is 3. The van der Waals surface area contributed by atoms with Gasteiger partial charge in [-0.1, -0.05) is 24.3 Å². The second-order valence-electron chi connectivity index (χ2n) is 6.66. The predicted octanol–water partition coefficient (Wildman–Crippen LogP) is 3.64. The number of aromatic nitrogens is 2. The van der Waals surface area contributed by atoms with Gasteiger partial charge < -0.3 is 0 Å². The van der Waals surface area contributed by atoms with Crippen LogP contribution in [0.5, 0.6) is 0 Å². The first kappa shape index (κ1) is 13.5. The van der Waals surface area contributed by atoms with Gasteiger partial charge in [-0.15, -0.1) is 0 Å². The zero-order chi connectivity index (χ0) is 16.6. The lowest BCUT2D eigenvalue weighted by Crippen LogP contribution is -2.29. The molecule has 0 fully saturated rings. The zero-order valence-electron chi connectivity index (χ0n) is 13.9. The number of pyridine rings is 1. The van der Waals surface area contributed by atoms with Crippen LogP contribution in [-0.2, 0) is 7.05 Å². The van der Waals surface area contributed by atoms with Gasteiger partial charge in [0.1, 0.15) is 0 Å². The van der Waals surface area contributed by atoms with E-state index in [0.717, 1.165) is 38.2 Å². The molecule has 5 aromatic rings. The van der Waals surface area contributed by atoms with E-state index >= 15 is 0 Å². The quantitative estimate of drug-likeness (QED) is 0.401. The van der Waals surface area contributed by atoms with Gasteiger partial charge in [0.25, 0.3) is 5.65 Å². The summed E-state index contributed by atoms with van der Waals surface area (Å²) in [5.41, 5.74) is 5.53. The average molecular weight is 313 g/mol. The number of benzene rings is 3. The minimum atomic E-state index is 0.0585. The fourth-order valence-electron chi connectivity index (χ4n) is 3.94. The Morgan fingerprint density at radius 1 is 0.917 bits per heavy atom. The zero-order valence-corrected chi connectivity index (χ0v) is 13.9. The predicted molar refractivity (Wildman–Crippen MR) is 98.0 cm³/mol. The monoisotopic (exact) mass is 313 g/mol. The van der Waals surface area contributed by atoms with E-state index in [1.54, 1.807) is 0 Å². The topological polar surface area (TPSA) is 25.4 Å². The van der Waals surface area contributed by atoms with Gasteiger partial charge in [-0.25, -0.2) is 9.36 Å². The van der Waals surface area contributed by atoms with Crippen LogP contribution in [0.3, 0.4) is 0 Å². The Morgan fingerprint density at radius 3 is 2.33 bits per heavy atom. The van der Waals surface area contributed by atoms with Gasteiger partial charge in [0.2, 0.25) is 0 Å². The van der Waals surface area contributed by atoms with Crippen molar-refractivity contribution >= 4 is 38.2 Å². The maximum Gasteiger partial charge on any atom is 0.347 e. The highest BCUT2D eigenvalue weighted by Gasteiger charge is 2.25. The molecule has 2 heterocycles. The molecule has 0 bridgehead atoms. The van der Waals surface area contributed by atoms with Crippen molar-refractivity contribution in [3.63, 3.8) is 0 Å². The molecule has 0 amide bonds. The van der Waals surface area contributed by atoms with Crippen molar-refractivity contribution < 1.29 is 4.57 Å². The number of hydrogen-bond acceptors (Lipinski definition) is 1. The van der Waals surface area contributed by atoms with E-state index in [2.05, 4.69) is 54.8 Å². The van der Waals surface area contributed by atoms with Crippen LogP contribution in [0.2, 0.25) is 0 Å². The maximum atomic E-state index is 13.3. The van der Waals surface area contributed by atoms with Gasteiger partial charge in [0, 0.05) is 5.39 Å². The Bertz CT molecular complexity index is 1340. The molecule has 0 unspecified atom stereocenters. The molecule has 2 aromatic heterocycles. The third-order valence-electron chi connectivity index (χ3n) is 5.30. The molecule has 0 aliphatic rings. The molecule has 3 nitrogen and oxygen atoms in total. The number of nitrogens with zero attached hydrogens (tertiary/aromatic N) is 2. The van der Waals surface area contributed by atoms with Crippen LogP contribution in [0.1, 0.15) is 11.1 Å². The summed E-state index contributed by atoms with van der Waals surface area (Å²) in [6.07, 6.45) is 0. The first-order valence-corrected chi connectivity index (χ1v) is 8.16. The first-order chi connectivity index (χ1) is 11.6. The highest BCUT2D eigenvalue weighted by molar-refractivity contribution is 6.14. The van der Waals surface area contributed by atoms with Crippen LogP contribution in [0.4, 0.5) is 0 Å². The van der Waals surface area contributed by atoms with Gasteiger partial charge in [-0.3, -0.25) is 0 Å². The lowest BCUT2D eigenvalue weighted by molar-refractivity contribution is -0.617. The molecule has 0 atom stereocenters. The van der Waals surface area contributed by atoms with Crippen molar-refractivity contribution in [2.24, 2.45) is 7.05 Å². The Balaban J connectivity index is 2.24. The lowest BCUT2D eigenvalue weighted by atomic mass is 10.0. The molecule has 5 rings (SSSR count). The SMILES string of the molecule is Cc1cc2c(cc1C)[n+](C)c1c3cccc4cccc(c(=O)n21)c43. The normalized spacial score (nSPS) is 12.1. The molecule has 0 aliphatic heterocycles. The van der Waals surface area contributed by atoms with E-state index in [-0.39, 0.29) is 5.56 Å². The Morgan fingerprint density at radius 2 is 1.58 bits per heavy atom. The molecule has 116 valence electrons. The molecule has 0 saturated carbocycles. The minimum absolute atomic E-state index is 0.0585. The Hall–Kier alpha value is -2.94. The fraction of sp³-hybridized carbons (Fsp3) is 0.143. The van der Waals surface area contributed by atoms with Gasteiger partial charge in [-0.05, 0) is 54.6 Å². The van der Waals surface area contributed by atoms with Crippen molar-refractivity contribution in [1.29, 1.82) is 0 Å². The van der Waals surface area contributed by atoms with Crippen molar-refractivity contribution in [1.82, 2.24) is 4.40 Å². The second kappa shape index (κ2) is 4.32.